The van der Waals surface area contributed by atoms with Crippen molar-refractivity contribution in [2.45, 2.75) is 19.8 Å². The summed E-state index contributed by atoms with van der Waals surface area (Å²) in [6, 6.07) is 40.3. The smallest absolute Gasteiger partial charge is 0.163 e. The molecule has 0 spiro atoms. The van der Waals surface area contributed by atoms with E-state index in [1.807, 2.05) is 110 Å². The third-order valence-electron chi connectivity index (χ3n) is 6.52. The summed E-state index contributed by atoms with van der Waals surface area (Å²) in [7, 11) is 0. The summed E-state index contributed by atoms with van der Waals surface area (Å²) in [5, 5.41) is 0. The first-order chi connectivity index (χ1) is 18.6. The van der Waals surface area contributed by atoms with E-state index in [9.17, 15) is 4.79 Å². The first-order valence-corrected chi connectivity index (χ1v) is 12.7. The van der Waals surface area contributed by atoms with Crippen molar-refractivity contribution in [1.29, 1.82) is 0 Å². The number of carbonyl (C=O) groups is 1. The maximum absolute atomic E-state index is 13.1. The molecular formula is C36H28O2. The van der Waals surface area contributed by atoms with Crippen molar-refractivity contribution in [3.8, 4) is 11.8 Å². The van der Waals surface area contributed by atoms with Crippen molar-refractivity contribution < 1.29 is 9.53 Å². The van der Waals surface area contributed by atoms with Gasteiger partial charge in [0.15, 0.2) is 5.78 Å². The highest BCUT2D eigenvalue weighted by molar-refractivity contribution is 6.04. The number of ether oxygens (including phenoxy) is 1. The van der Waals surface area contributed by atoms with Gasteiger partial charge in [0.25, 0.3) is 0 Å². The van der Waals surface area contributed by atoms with E-state index in [4.69, 9.17) is 4.74 Å². The summed E-state index contributed by atoms with van der Waals surface area (Å²) in [4.78, 5) is 13.1. The molecule has 0 saturated heterocycles. The normalized spacial score (nSPS) is 15.4. The predicted octanol–water partition coefficient (Wildman–Crippen LogP) is 8.21. The summed E-state index contributed by atoms with van der Waals surface area (Å²) in [5.74, 6) is 7.77. The fraction of sp³-hybridized carbons (Fsp3) is 0.0833. The van der Waals surface area contributed by atoms with Crippen LogP contribution in [-0.2, 0) is 9.53 Å². The van der Waals surface area contributed by atoms with Gasteiger partial charge in [-0.15, -0.1) is 0 Å². The zero-order chi connectivity index (χ0) is 26.3. The van der Waals surface area contributed by atoms with Gasteiger partial charge in [-0.3, -0.25) is 4.79 Å². The Kier molecular flexibility index (Phi) is 7.48. The Balaban J connectivity index is 1.78. The number of allylic oxidation sites excluding steroid dienone is 4. The SMILES string of the molecule is CC(=O)/C(=C\c1ccccc1)C1=C(c2ccccc2)C(c2ccccc2)C(C#Cc2ccccc2)=C(C)O1. The van der Waals surface area contributed by atoms with E-state index in [0.717, 1.165) is 33.4 Å². The van der Waals surface area contributed by atoms with Gasteiger partial charge in [-0.05, 0) is 48.7 Å². The minimum absolute atomic E-state index is 0.0595. The Morgan fingerprint density at radius 2 is 1.29 bits per heavy atom. The lowest BCUT2D eigenvalue weighted by molar-refractivity contribution is -0.113. The molecule has 0 bridgehead atoms. The quantitative estimate of drug-likeness (QED) is 0.207. The second-order valence-electron chi connectivity index (χ2n) is 9.17. The minimum Gasteiger partial charge on any atom is -0.460 e. The third-order valence-corrected chi connectivity index (χ3v) is 6.52. The molecule has 4 aromatic rings. The maximum Gasteiger partial charge on any atom is 0.163 e. The number of benzene rings is 4. The largest absolute Gasteiger partial charge is 0.460 e. The summed E-state index contributed by atoms with van der Waals surface area (Å²) >= 11 is 0. The van der Waals surface area contributed by atoms with Crippen LogP contribution in [0.15, 0.2) is 144 Å². The molecule has 0 amide bonds. The van der Waals surface area contributed by atoms with E-state index in [-0.39, 0.29) is 11.7 Å². The molecule has 0 radical (unpaired) electrons. The third kappa shape index (κ3) is 5.43. The topological polar surface area (TPSA) is 26.3 Å². The first kappa shape index (κ1) is 24.8. The maximum atomic E-state index is 13.1. The van der Waals surface area contributed by atoms with Crippen molar-refractivity contribution in [2.75, 3.05) is 0 Å². The highest BCUT2D eigenvalue weighted by atomic mass is 16.5. The van der Waals surface area contributed by atoms with Crippen molar-refractivity contribution >= 4 is 17.4 Å². The van der Waals surface area contributed by atoms with E-state index >= 15 is 0 Å². The number of hydrogen-bond acceptors (Lipinski definition) is 2. The van der Waals surface area contributed by atoms with Crippen LogP contribution >= 0.6 is 0 Å². The van der Waals surface area contributed by atoms with Crippen molar-refractivity contribution in [3.63, 3.8) is 0 Å². The average molecular weight is 493 g/mol. The van der Waals surface area contributed by atoms with Crippen LogP contribution in [0.3, 0.4) is 0 Å². The van der Waals surface area contributed by atoms with Crippen LogP contribution in [0.1, 0.15) is 42.0 Å². The van der Waals surface area contributed by atoms with Crippen LogP contribution in [0, 0.1) is 11.8 Å². The van der Waals surface area contributed by atoms with Crippen LogP contribution in [0.4, 0.5) is 0 Å². The number of rotatable bonds is 5. The Labute approximate surface area is 224 Å². The first-order valence-electron chi connectivity index (χ1n) is 12.7. The molecule has 184 valence electrons. The lowest BCUT2D eigenvalue weighted by Crippen LogP contribution is -2.18. The highest BCUT2D eigenvalue weighted by Gasteiger charge is 2.34. The number of Topliss-reactive ketones (excluding diaryl/α,β-unsaturated/α-hetero) is 1. The molecule has 1 atom stereocenters. The molecule has 0 saturated carbocycles. The molecule has 0 aromatic heterocycles. The van der Waals surface area contributed by atoms with Gasteiger partial charge < -0.3 is 4.74 Å². The Morgan fingerprint density at radius 1 is 0.737 bits per heavy atom. The number of carbonyl (C=O) groups excluding carboxylic acids is 1. The van der Waals surface area contributed by atoms with Crippen molar-refractivity contribution in [3.05, 3.63) is 166 Å². The summed E-state index contributed by atoms with van der Waals surface area (Å²) in [6.07, 6.45) is 1.91. The predicted molar refractivity (Wildman–Crippen MR) is 155 cm³/mol. The van der Waals surface area contributed by atoms with Gasteiger partial charge in [0, 0.05) is 17.1 Å². The molecule has 0 aliphatic carbocycles. The summed E-state index contributed by atoms with van der Waals surface area (Å²) in [6.45, 7) is 3.53. The molecule has 2 heteroatoms. The van der Waals surface area contributed by atoms with Gasteiger partial charge in [0.1, 0.15) is 11.5 Å². The van der Waals surface area contributed by atoms with Gasteiger partial charge in [-0.25, -0.2) is 0 Å². The lowest BCUT2D eigenvalue weighted by Gasteiger charge is -2.31. The zero-order valence-corrected chi connectivity index (χ0v) is 21.5. The summed E-state index contributed by atoms with van der Waals surface area (Å²) in [5.41, 5.74) is 6.29. The zero-order valence-electron chi connectivity index (χ0n) is 21.5. The fourth-order valence-electron chi connectivity index (χ4n) is 4.70. The molecule has 38 heavy (non-hydrogen) atoms. The molecule has 1 heterocycles. The van der Waals surface area contributed by atoms with E-state index in [2.05, 4.69) is 36.1 Å². The van der Waals surface area contributed by atoms with Crippen LogP contribution < -0.4 is 0 Å². The van der Waals surface area contributed by atoms with E-state index in [1.54, 1.807) is 6.92 Å². The Bertz CT molecular complexity index is 1580. The Morgan fingerprint density at radius 3 is 1.89 bits per heavy atom. The standard InChI is InChI=1S/C36H28O2/c1-26(37)33(25-29-17-9-4-10-18-29)36-35(31-21-13-6-14-22-31)34(30-19-11-5-12-20-30)32(27(2)38-36)24-23-28-15-7-3-8-16-28/h3-22,25,34H,1-2H3/b33-25+. The molecular weight excluding hydrogens is 464 g/mol. The van der Waals surface area contributed by atoms with Gasteiger partial charge in [0.2, 0.25) is 0 Å². The van der Waals surface area contributed by atoms with Gasteiger partial charge in [-0.1, -0.05) is 121 Å². The van der Waals surface area contributed by atoms with Crippen LogP contribution in [-0.4, -0.2) is 5.78 Å². The van der Waals surface area contributed by atoms with Gasteiger partial charge in [0.05, 0.1) is 11.1 Å². The second-order valence-corrected chi connectivity index (χ2v) is 9.17. The molecule has 5 rings (SSSR count). The molecule has 1 unspecified atom stereocenters. The molecule has 2 nitrogen and oxygen atoms in total. The van der Waals surface area contributed by atoms with E-state index < -0.39 is 0 Å². The number of hydrogen-bond donors (Lipinski definition) is 0. The Hall–Kier alpha value is -4.87. The van der Waals surface area contributed by atoms with Crippen molar-refractivity contribution in [1.82, 2.24) is 0 Å². The lowest BCUT2D eigenvalue weighted by atomic mass is 9.77. The average Bonchev–Trinajstić information content (AvgIpc) is 2.96. The monoisotopic (exact) mass is 492 g/mol. The molecule has 0 fully saturated rings. The van der Waals surface area contributed by atoms with Crippen LogP contribution in [0.5, 0.6) is 0 Å². The molecule has 1 aliphatic heterocycles. The van der Waals surface area contributed by atoms with E-state index in [1.165, 1.54) is 0 Å². The highest BCUT2D eigenvalue weighted by Crippen LogP contribution is 2.47. The van der Waals surface area contributed by atoms with Crippen LogP contribution in [0.2, 0.25) is 0 Å². The summed E-state index contributed by atoms with van der Waals surface area (Å²) < 4.78 is 6.57. The second kappa shape index (κ2) is 11.5. The van der Waals surface area contributed by atoms with Gasteiger partial charge in [-0.2, -0.15) is 0 Å². The molecule has 0 N–H and O–H groups in total. The molecule has 4 aromatic carbocycles. The minimum atomic E-state index is -0.211. The van der Waals surface area contributed by atoms with E-state index in [0.29, 0.717) is 17.1 Å². The van der Waals surface area contributed by atoms with Gasteiger partial charge >= 0.3 is 0 Å². The van der Waals surface area contributed by atoms with Crippen LogP contribution in [0.25, 0.3) is 11.6 Å². The molecule has 1 aliphatic rings. The fourth-order valence-corrected chi connectivity index (χ4v) is 4.70. The van der Waals surface area contributed by atoms with Crippen molar-refractivity contribution in [2.24, 2.45) is 0 Å². The number of ketones is 1.